The summed E-state index contributed by atoms with van der Waals surface area (Å²) in [6.45, 7) is 8.82. The molecule has 0 aromatic heterocycles. The number of Topliss-reactive ketones (excluding diaryl/α,β-unsaturated/α-hetero) is 1. The van der Waals surface area contributed by atoms with Crippen LogP contribution in [0.15, 0.2) is 0 Å². The van der Waals surface area contributed by atoms with E-state index in [0.717, 1.165) is 6.42 Å². The molecule has 0 aromatic carbocycles. The van der Waals surface area contributed by atoms with Crippen molar-refractivity contribution in [2.75, 3.05) is 0 Å². The molecule has 2 aliphatic carbocycles. The first-order chi connectivity index (χ1) is 5.41. The maximum atomic E-state index is 11.9. The number of rotatable bonds is 0. The molecule has 0 N–H and O–H groups in total. The van der Waals surface area contributed by atoms with Crippen molar-refractivity contribution < 1.29 is 4.79 Å². The summed E-state index contributed by atoms with van der Waals surface area (Å²) in [5.74, 6) is 1.48. The van der Waals surface area contributed by atoms with E-state index in [9.17, 15) is 4.79 Å². The summed E-state index contributed by atoms with van der Waals surface area (Å²) in [4.78, 5) is 11.9. The predicted octanol–water partition coefficient (Wildman–Crippen LogP) is 2.65. The minimum absolute atomic E-state index is 0.00289. The Morgan fingerprint density at radius 3 is 2.17 bits per heavy atom. The van der Waals surface area contributed by atoms with Crippen LogP contribution in [0.5, 0.6) is 0 Å². The molecule has 0 spiro atoms. The van der Waals surface area contributed by atoms with Crippen LogP contribution in [0.1, 0.15) is 40.5 Å². The maximum Gasteiger partial charge on any atom is 0.142 e. The molecule has 1 nitrogen and oxygen atoms in total. The normalized spacial score (nSPS) is 50.2. The van der Waals surface area contributed by atoms with Crippen LogP contribution in [-0.4, -0.2) is 5.78 Å². The minimum Gasteiger partial charge on any atom is -0.299 e. The Morgan fingerprint density at radius 1 is 1.33 bits per heavy atom. The highest BCUT2D eigenvalue weighted by atomic mass is 16.1. The smallest absolute Gasteiger partial charge is 0.142 e. The van der Waals surface area contributed by atoms with Gasteiger partial charge in [0.1, 0.15) is 5.78 Å². The fourth-order valence-corrected chi connectivity index (χ4v) is 3.54. The quantitative estimate of drug-likeness (QED) is 0.540. The first kappa shape index (κ1) is 8.28. The molecule has 0 aromatic rings. The Morgan fingerprint density at radius 2 is 1.92 bits per heavy atom. The van der Waals surface area contributed by atoms with Crippen LogP contribution in [-0.2, 0) is 4.79 Å². The number of hydrogen-bond acceptors (Lipinski definition) is 1. The van der Waals surface area contributed by atoms with E-state index in [2.05, 4.69) is 27.7 Å². The van der Waals surface area contributed by atoms with Crippen molar-refractivity contribution >= 4 is 5.78 Å². The van der Waals surface area contributed by atoms with Gasteiger partial charge in [-0.25, -0.2) is 0 Å². The molecule has 12 heavy (non-hydrogen) atoms. The third-order valence-corrected chi connectivity index (χ3v) is 4.87. The topological polar surface area (TPSA) is 17.1 Å². The fraction of sp³-hybridized carbons (Fsp3) is 0.909. The van der Waals surface area contributed by atoms with E-state index in [0.29, 0.717) is 17.6 Å². The lowest BCUT2D eigenvalue weighted by Crippen LogP contribution is -2.33. The summed E-state index contributed by atoms with van der Waals surface area (Å²) in [6, 6.07) is 0. The number of carbonyl (C=O) groups is 1. The third kappa shape index (κ3) is 0.605. The van der Waals surface area contributed by atoms with Gasteiger partial charge in [-0.15, -0.1) is 0 Å². The van der Waals surface area contributed by atoms with Crippen LogP contribution in [0, 0.1) is 22.7 Å². The fourth-order valence-electron chi connectivity index (χ4n) is 3.54. The highest BCUT2D eigenvalue weighted by molar-refractivity contribution is 5.91. The van der Waals surface area contributed by atoms with Crippen LogP contribution >= 0.6 is 0 Å². The Bertz CT molecular complexity index is 241. The van der Waals surface area contributed by atoms with Crippen LogP contribution < -0.4 is 0 Å². The third-order valence-electron chi connectivity index (χ3n) is 4.87. The summed E-state index contributed by atoms with van der Waals surface area (Å²) in [5, 5.41) is 0. The first-order valence-corrected chi connectivity index (χ1v) is 4.95. The highest BCUT2D eigenvalue weighted by Gasteiger charge is 2.64. The van der Waals surface area contributed by atoms with Crippen molar-refractivity contribution in [3.63, 3.8) is 0 Å². The van der Waals surface area contributed by atoms with Crippen molar-refractivity contribution in [3.8, 4) is 0 Å². The molecule has 2 bridgehead atoms. The molecule has 2 rings (SSSR count). The summed E-state index contributed by atoms with van der Waals surface area (Å²) in [7, 11) is 0. The summed E-state index contributed by atoms with van der Waals surface area (Å²) in [5.41, 5.74) is 0.251. The van der Waals surface area contributed by atoms with Crippen molar-refractivity contribution in [1.82, 2.24) is 0 Å². The van der Waals surface area contributed by atoms with Gasteiger partial charge in [0, 0.05) is 11.3 Å². The Hall–Kier alpha value is -0.330. The van der Waals surface area contributed by atoms with Gasteiger partial charge in [0.2, 0.25) is 0 Å². The zero-order valence-corrected chi connectivity index (χ0v) is 8.48. The molecule has 2 saturated carbocycles. The summed E-state index contributed by atoms with van der Waals surface area (Å²) >= 11 is 0. The molecular weight excluding hydrogens is 148 g/mol. The van der Waals surface area contributed by atoms with Gasteiger partial charge < -0.3 is 0 Å². The van der Waals surface area contributed by atoms with E-state index in [4.69, 9.17) is 0 Å². The van der Waals surface area contributed by atoms with Crippen LogP contribution in [0.3, 0.4) is 0 Å². The molecule has 68 valence electrons. The minimum atomic E-state index is -0.00289. The zero-order chi connectivity index (χ0) is 9.15. The Kier molecular flexibility index (Phi) is 1.34. The first-order valence-electron chi connectivity index (χ1n) is 4.95. The summed E-state index contributed by atoms with van der Waals surface area (Å²) < 4.78 is 0. The van der Waals surface area contributed by atoms with Gasteiger partial charge in [0.15, 0.2) is 0 Å². The molecule has 2 fully saturated rings. The van der Waals surface area contributed by atoms with E-state index in [1.54, 1.807) is 0 Å². The molecule has 0 heterocycles. The van der Waals surface area contributed by atoms with Gasteiger partial charge in [0.25, 0.3) is 0 Å². The number of fused-ring (bicyclic) bond motifs is 2. The van der Waals surface area contributed by atoms with Crippen LogP contribution in [0.25, 0.3) is 0 Å². The number of carbonyl (C=O) groups excluding carboxylic acids is 1. The van der Waals surface area contributed by atoms with Crippen molar-refractivity contribution in [1.29, 1.82) is 0 Å². The Labute approximate surface area is 74.5 Å². The average Bonchev–Trinajstić information content (AvgIpc) is 2.26. The van der Waals surface area contributed by atoms with E-state index in [1.807, 2.05) is 0 Å². The second-order valence-corrected chi connectivity index (χ2v) is 5.35. The predicted molar refractivity (Wildman–Crippen MR) is 48.8 cm³/mol. The van der Waals surface area contributed by atoms with E-state index < -0.39 is 0 Å². The molecule has 0 saturated heterocycles. The summed E-state index contributed by atoms with van der Waals surface area (Å²) in [6.07, 6.45) is 2.38. The molecule has 0 amide bonds. The largest absolute Gasteiger partial charge is 0.299 e. The van der Waals surface area contributed by atoms with E-state index in [1.165, 1.54) is 6.42 Å². The van der Waals surface area contributed by atoms with Crippen molar-refractivity contribution in [2.45, 2.75) is 40.5 Å². The van der Waals surface area contributed by atoms with E-state index >= 15 is 0 Å². The van der Waals surface area contributed by atoms with E-state index in [-0.39, 0.29) is 10.8 Å². The molecule has 3 atom stereocenters. The molecule has 2 aliphatic rings. The second kappa shape index (κ2) is 1.94. The van der Waals surface area contributed by atoms with Gasteiger partial charge in [-0.2, -0.15) is 0 Å². The van der Waals surface area contributed by atoms with Crippen LogP contribution in [0.2, 0.25) is 0 Å². The molecule has 0 aliphatic heterocycles. The van der Waals surface area contributed by atoms with Crippen LogP contribution in [0.4, 0.5) is 0 Å². The van der Waals surface area contributed by atoms with Gasteiger partial charge >= 0.3 is 0 Å². The SMILES string of the molecule is C[C@@H]1C(=O)[C@@]2(C)CC[C@@H]1C2(C)C. The van der Waals surface area contributed by atoms with Gasteiger partial charge in [0.05, 0.1) is 0 Å². The number of hydrogen-bond donors (Lipinski definition) is 0. The van der Waals surface area contributed by atoms with Crippen molar-refractivity contribution in [2.24, 2.45) is 22.7 Å². The molecule has 1 heteroatoms. The second-order valence-electron chi connectivity index (χ2n) is 5.35. The lowest BCUT2D eigenvalue weighted by Gasteiger charge is -2.32. The van der Waals surface area contributed by atoms with Gasteiger partial charge in [-0.05, 0) is 24.2 Å². The molecule has 0 radical (unpaired) electrons. The standard InChI is InChI=1S/C11H18O/c1-7-8-5-6-11(4,9(7)12)10(8,2)3/h7-8H,5-6H2,1-4H3/t7-,8-,11+/m0/s1. The van der Waals surface area contributed by atoms with Gasteiger partial charge in [-0.1, -0.05) is 27.7 Å². The maximum absolute atomic E-state index is 11.9. The highest BCUT2D eigenvalue weighted by Crippen LogP contribution is 2.65. The Balaban J connectivity index is 2.50. The zero-order valence-electron chi connectivity index (χ0n) is 8.48. The molecule has 0 unspecified atom stereocenters. The number of ketones is 1. The lowest BCUT2D eigenvalue weighted by molar-refractivity contribution is -0.131. The monoisotopic (exact) mass is 166 g/mol. The lowest BCUT2D eigenvalue weighted by atomic mass is 9.70. The average molecular weight is 166 g/mol. The van der Waals surface area contributed by atoms with Gasteiger partial charge in [-0.3, -0.25) is 4.79 Å². The molecular formula is C11H18O. The van der Waals surface area contributed by atoms with Crippen molar-refractivity contribution in [3.05, 3.63) is 0 Å².